The summed E-state index contributed by atoms with van der Waals surface area (Å²) in [5.41, 5.74) is 7.94. The number of nitrogens with two attached hydrogens (primary N) is 1. The van der Waals surface area contributed by atoms with Crippen LogP contribution in [0, 0.1) is 0 Å². The molecule has 34 heavy (non-hydrogen) atoms. The molecule has 0 radical (unpaired) electrons. The topological polar surface area (TPSA) is 94.2 Å². The molecule has 0 saturated heterocycles. The van der Waals surface area contributed by atoms with Gasteiger partial charge in [-0.25, -0.2) is 0 Å². The van der Waals surface area contributed by atoms with Crippen molar-refractivity contribution in [3.63, 3.8) is 0 Å². The van der Waals surface area contributed by atoms with E-state index in [-0.39, 0.29) is 18.9 Å². The minimum Gasteiger partial charge on any atom is -0.497 e. The first-order chi connectivity index (χ1) is 16.4. The fourth-order valence-corrected chi connectivity index (χ4v) is 4.16. The van der Waals surface area contributed by atoms with Gasteiger partial charge in [-0.05, 0) is 40.5 Å². The van der Waals surface area contributed by atoms with E-state index < -0.39 is 18.1 Å². The highest BCUT2D eigenvalue weighted by atomic mass is 35.5. The van der Waals surface area contributed by atoms with Crippen molar-refractivity contribution in [1.29, 1.82) is 0 Å². The molecule has 1 aliphatic rings. The molecule has 8 heteroatoms. The molecule has 0 spiro atoms. The summed E-state index contributed by atoms with van der Waals surface area (Å²) < 4.78 is 5.27. The van der Waals surface area contributed by atoms with Crippen LogP contribution in [0.15, 0.2) is 71.9 Å². The Balaban J connectivity index is 1.52. The van der Waals surface area contributed by atoms with Crippen molar-refractivity contribution in [2.45, 2.75) is 31.4 Å². The van der Waals surface area contributed by atoms with Crippen molar-refractivity contribution in [2.24, 2.45) is 10.9 Å². The van der Waals surface area contributed by atoms with E-state index in [1.165, 1.54) is 4.90 Å². The van der Waals surface area contributed by atoms with E-state index >= 15 is 0 Å². The molecule has 0 aromatic heterocycles. The van der Waals surface area contributed by atoms with Gasteiger partial charge in [0.2, 0.25) is 11.8 Å². The standard InChI is InChI=1S/C26H26ClN3O4/c1-33-21-10-9-19-11-18(7-8-20(19)14-21)13-25(31)30(16-22-15-24(27)29-34-22)26(32)23(28)12-17-5-3-2-4-6-17/h2-11,14,22-23H,12-13,15-16,28H2,1H3/t22?,23-/m0/s1. The molecule has 3 aromatic carbocycles. The summed E-state index contributed by atoms with van der Waals surface area (Å²) >= 11 is 5.93. The predicted octanol–water partition coefficient (Wildman–Crippen LogP) is 3.66. The maximum absolute atomic E-state index is 13.3. The number of carbonyl (C=O) groups is 2. The van der Waals surface area contributed by atoms with E-state index in [0.717, 1.165) is 27.6 Å². The smallest absolute Gasteiger partial charge is 0.246 e. The highest BCUT2D eigenvalue weighted by molar-refractivity contribution is 6.65. The van der Waals surface area contributed by atoms with Gasteiger partial charge >= 0.3 is 0 Å². The SMILES string of the molecule is COc1ccc2cc(CC(=O)N(CC3CC(Cl)=NO3)C(=O)[C@@H](N)Cc3ccccc3)ccc2c1. The second-order valence-electron chi connectivity index (χ2n) is 8.26. The molecule has 7 nitrogen and oxygen atoms in total. The first-order valence-electron chi connectivity index (χ1n) is 11.0. The van der Waals surface area contributed by atoms with Crippen molar-refractivity contribution >= 4 is 39.4 Å². The molecule has 0 saturated carbocycles. The number of carbonyl (C=O) groups excluding carboxylic acids is 2. The van der Waals surface area contributed by atoms with Crippen LogP contribution >= 0.6 is 11.6 Å². The predicted molar refractivity (Wildman–Crippen MR) is 132 cm³/mol. The third kappa shape index (κ3) is 5.73. The lowest BCUT2D eigenvalue weighted by atomic mass is 10.0. The summed E-state index contributed by atoms with van der Waals surface area (Å²) in [6.45, 7) is 0.0324. The fourth-order valence-electron chi connectivity index (χ4n) is 3.95. The number of imide groups is 1. The van der Waals surface area contributed by atoms with Crippen molar-refractivity contribution in [3.05, 3.63) is 77.9 Å². The number of rotatable bonds is 8. The monoisotopic (exact) mass is 479 g/mol. The van der Waals surface area contributed by atoms with Gasteiger partial charge in [-0.15, -0.1) is 0 Å². The Morgan fingerprint density at radius 1 is 1.12 bits per heavy atom. The van der Waals surface area contributed by atoms with Crippen LogP contribution in [0.5, 0.6) is 5.75 Å². The van der Waals surface area contributed by atoms with Gasteiger partial charge in [-0.2, -0.15) is 0 Å². The Hall–Kier alpha value is -3.42. The van der Waals surface area contributed by atoms with E-state index in [4.69, 9.17) is 26.9 Å². The van der Waals surface area contributed by atoms with Gasteiger partial charge in [0.05, 0.1) is 26.1 Å². The Morgan fingerprint density at radius 2 is 1.85 bits per heavy atom. The van der Waals surface area contributed by atoms with E-state index in [2.05, 4.69) is 5.16 Å². The minimum atomic E-state index is -0.867. The maximum Gasteiger partial charge on any atom is 0.246 e. The highest BCUT2D eigenvalue weighted by Crippen LogP contribution is 2.23. The average Bonchev–Trinajstić information content (AvgIpc) is 3.26. The Bertz CT molecular complexity index is 1220. The van der Waals surface area contributed by atoms with Crippen LogP contribution in [-0.2, 0) is 27.3 Å². The second kappa shape index (κ2) is 10.7. The zero-order valence-electron chi connectivity index (χ0n) is 18.8. The quantitative estimate of drug-likeness (QED) is 0.532. The Labute approximate surface area is 203 Å². The van der Waals surface area contributed by atoms with Crippen molar-refractivity contribution in [2.75, 3.05) is 13.7 Å². The molecule has 2 atom stereocenters. The molecule has 2 amide bonds. The first kappa shape index (κ1) is 23.7. The summed E-state index contributed by atoms with van der Waals surface area (Å²) in [6, 6.07) is 20.1. The van der Waals surface area contributed by atoms with E-state index in [1.54, 1.807) is 7.11 Å². The molecule has 2 N–H and O–H groups in total. The van der Waals surface area contributed by atoms with Crippen molar-refractivity contribution < 1.29 is 19.2 Å². The molecule has 1 heterocycles. The summed E-state index contributed by atoms with van der Waals surface area (Å²) in [6.07, 6.45) is 0.218. The number of fused-ring (bicyclic) bond motifs is 1. The number of amides is 2. The summed E-state index contributed by atoms with van der Waals surface area (Å²) in [5, 5.41) is 6.01. The first-order valence-corrected chi connectivity index (χ1v) is 11.4. The average molecular weight is 480 g/mol. The van der Waals surface area contributed by atoms with Crippen LogP contribution in [0.2, 0.25) is 0 Å². The molecule has 1 aliphatic heterocycles. The van der Waals surface area contributed by atoms with Gasteiger partial charge < -0.3 is 15.3 Å². The molecule has 176 valence electrons. The molecular formula is C26H26ClN3O4. The van der Waals surface area contributed by atoms with Crippen molar-refractivity contribution in [3.8, 4) is 5.75 Å². The van der Waals surface area contributed by atoms with Crippen LogP contribution in [-0.4, -0.2) is 47.7 Å². The second-order valence-corrected chi connectivity index (χ2v) is 8.70. The Morgan fingerprint density at radius 3 is 2.56 bits per heavy atom. The lowest BCUT2D eigenvalue weighted by molar-refractivity contribution is -0.147. The Kier molecular flexibility index (Phi) is 7.45. The van der Waals surface area contributed by atoms with E-state index in [0.29, 0.717) is 18.0 Å². The number of methoxy groups -OCH3 is 1. The molecular weight excluding hydrogens is 454 g/mol. The van der Waals surface area contributed by atoms with Crippen LogP contribution in [0.25, 0.3) is 10.8 Å². The maximum atomic E-state index is 13.3. The van der Waals surface area contributed by atoms with Gasteiger partial charge in [-0.1, -0.05) is 71.4 Å². The number of benzene rings is 3. The van der Waals surface area contributed by atoms with Gasteiger partial charge in [0.25, 0.3) is 0 Å². The number of hydrogen-bond donors (Lipinski definition) is 1. The van der Waals surface area contributed by atoms with E-state index in [9.17, 15) is 9.59 Å². The van der Waals surface area contributed by atoms with Crippen LogP contribution in [0.3, 0.4) is 0 Å². The normalized spacial score (nSPS) is 16.0. The molecule has 1 unspecified atom stereocenters. The number of ether oxygens (including phenoxy) is 1. The number of nitrogens with zero attached hydrogens (tertiary/aromatic N) is 2. The number of hydrogen-bond acceptors (Lipinski definition) is 6. The summed E-state index contributed by atoms with van der Waals surface area (Å²) in [5.74, 6) is -0.0445. The van der Waals surface area contributed by atoms with Crippen molar-refractivity contribution in [1.82, 2.24) is 4.90 Å². The lowest BCUT2D eigenvalue weighted by Gasteiger charge is -2.26. The number of oxime groups is 1. The van der Waals surface area contributed by atoms with Gasteiger partial charge in [0, 0.05) is 6.42 Å². The zero-order chi connectivity index (χ0) is 24.1. The molecule has 3 aromatic rings. The molecule has 4 rings (SSSR count). The van der Waals surface area contributed by atoms with Crippen LogP contribution < -0.4 is 10.5 Å². The third-order valence-corrected chi connectivity index (χ3v) is 5.96. The van der Waals surface area contributed by atoms with Gasteiger partial charge in [-0.3, -0.25) is 14.5 Å². The highest BCUT2D eigenvalue weighted by Gasteiger charge is 2.32. The summed E-state index contributed by atoms with van der Waals surface area (Å²) in [4.78, 5) is 33.1. The summed E-state index contributed by atoms with van der Waals surface area (Å²) in [7, 11) is 1.62. The van der Waals surface area contributed by atoms with Gasteiger partial charge in [0.15, 0.2) is 6.10 Å². The lowest BCUT2D eigenvalue weighted by Crippen LogP contribution is -2.50. The molecule has 0 fully saturated rings. The fraction of sp³-hybridized carbons (Fsp3) is 0.269. The number of halogens is 1. The minimum absolute atomic E-state index is 0.0324. The molecule has 0 aliphatic carbocycles. The molecule has 0 bridgehead atoms. The largest absolute Gasteiger partial charge is 0.497 e. The van der Waals surface area contributed by atoms with Gasteiger partial charge in [0.1, 0.15) is 10.9 Å². The van der Waals surface area contributed by atoms with Crippen LogP contribution in [0.1, 0.15) is 17.5 Å². The van der Waals surface area contributed by atoms with E-state index in [1.807, 2.05) is 66.7 Å². The third-order valence-electron chi connectivity index (χ3n) is 5.73. The van der Waals surface area contributed by atoms with Crippen LogP contribution in [0.4, 0.5) is 0 Å². The zero-order valence-corrected chi connectivity index (χ0v) is 19.6.